The molecule has 3 rings (SSSR count). The maximum Gasteiger partial charge on any atom is 0.214 e. The average molecular weight is 313 g/mol. The van der Waals surface area contributed by atoms with Crippen LogP contribution in [0.1, 0.15) is 24.7 Å². The summed E-state index contributed by atoms with van der Waals surface area (Å²) in [6.07, 6.45) is 0.431. The Bertz CT molecular complexity index is 671. The topological polar surface area (TPSA) is 79.5 Å². The van der Waals surface area contributed by atoms with Crippen molar-refractivity contribution in [3.8, 4) is 10.6 Å². The fraction of sp³-hybridized carbons (Fsp3) is 0.385. The standard InChI is InChI=1S/C13H15NO4S2/c15-10(8-14-20(16,17)9-3-4-9)11-5-6-12(18-11)13-2-1-7-19-13/h1-2,5-7,9-10,14-15H,3-4,8H2. The molecule has 1 aliphatic rings. The average Bonchev–Trinajstić information content (AvgIpc) is 2.96. The SMILES string of the molecule is O=S(=O)(NCC(O)c1ccc(-c2cccs2)o1)C1CC1. The van der Waals surface area contributed by atoms with Crippen molar-refractivity contribution in [2.75, 3.05) is 6.54 Å². The van der Waals surface area contributed by atoms with E-state index in [1.54, 1.807) is 23.5 Å². The van der Waals surface area contributed by atoms with E-state index in [1.165, 1.54) is 0 Å². The summed E-state index contributed by atoms with van der Waals surface area (Å²) in [4.78, 5) is 0.974. The highest BCUT2D eigenvalue weighted by atomic mass is 32.2. The van der Waals surface area contributed by atoms with E-state index in [4.69, 9.17) is 4.42 Å². The maximum absolute atomic E-state index is 11.7. The summed E-state index contributed by atoms with van der Waals surface area (Å²) in [7, 11) is -3.28. The van der Waals surface area contributed by atoms with Gasteiger partial charge in [0.25, 0.3) is 0 Å². The van der Waals surface area contributed by atoms with Crippen LogP contribution in [0.2, 0.25) is 0 Å². The van der Waals surface area contributed by atoms with Crippen molar-refractivity contribution in [2.24, 2.45) is 0 Å². The third-order valence-corrected chi connectivity index (χ3v) is 5.96. The van der Waals surface area contributed by atoms with Crippen LogP contribution in [0.4, 0.5) is 0 Å². The van der Waals surface area contributed by atoms with Crippen LogP contribution in [0.15, 0.2) is 34.1 Å². The molecule has 0 aliphatic heterocycles. The second kappa shape index (κ2) is 5.33. The molecule has 2 heterocycles. The molecule has 7 heteroatoms. The van der Waals surface area contributed by atoms with Crippen LogP contribution < -0.4 is 4.72 Å². The Morgan fingerprint density at radius 2 is 2.20 bits per heavy atom. The summed E-state index contributed by atoms with van der Waals surface area (Å²) in [5.41, 5.74) is 0. The number of hydrogen-bond acceptors (Lipinski definition) is 5. The lowest BCUT2D eigenvalue weighted by atomic mass is 10.3. The van der Waals surface area contributed by atoms with Crippen molar-refractivity contribution in [1.29, 1.82) is 0 Å². The Morgan fingerprint density at radius 3 is 2.85 bits per heavy atom. The molecule has 1 aliphatic carbocycles. The summed E-state index contributed by atoms with van der Waals surface area (Å²) in [6.45, 7) is -0.0593. The summed E-state index contributed by atoms with van der Waals surface area (Å²) in [6, 6.07) is 7.29. The number of aliphatic hydroxyl groups is 1. The summed E-state index contributed by atoms with van der Waals surface area (Å²) >= 11 is 1.54. The fourth-order valence-electron chi connectivity index (χ4n) is 1.87. The number of hydrogen-bond donors (Lipinski definition) is 2. The van der Waals surface area contributed by atoms with Gasteiger partial charge in [-0.05, 0) is 36.4 Å². The minimum atomic E-state index is -3.28. The van der Waals surface area contributed by atoms with E-state index in [0.717, 1.165) is 4.88 Å². The van der Waals surface area contributed by atoms with Gasteiger partial charge in [0, 0.05) is 6.54 Å². The molecular weight excluding hydrogens is 298 g/mol. The first kappa shape index (κ1) is 13.8. The van der Waals surface area contributed by atoms with Gasteiger partial charge in [0.1, 0.15) is 17.6 Å². The van der Waals surface area contributed by atoms with Crippen LogP contribution in [0.25, 0.3) is 10.6 Å². The van der Waals surface area contributed by atoms with Crippen LogP contribution in [0, 0.1) is 0 Å². The minimum absolute atomic E-state index is 0.0593. The molecule has 20 heavy (non-hydrogen) atoms. The van der Waals surface area contributed by atoms with E-state index in [2.05, 4.69) is 4.72 Å². The molecule has 5 nitrogen and oxygen atoms in total. The van der Waals surface area contributed by atoms with Crippen molar-refractivity contribution in [2.45, 2.75) is 24.2 Å². The Hall–Kier alpha value is -1.15. The van der Waals surface area contributed by atoms with Crippen molar-refractivity contribution in [3.63, 3.8) is 0 Å². The second-order valence-electron chi connectivity index (χ2n) is 4.79. The molecule has 108 valence electrons. The molecule has 0 aromatic carbocycles. The van der Waals surface area contributed by atoms with Crippen molar-refractivity contribution in [1.82, 2.24) is 4.72 Å². The van der Waals surface area contributed by atoms with Crippen LogP contribution in [-0.4, -0.2) is 25.3 Å². The molecule has 2 aromatic rings. The van der Waals surface area contributed by atoms with Gasteiger partial charge < -0.3 is 9.52 Å². The normalized spacial score (nSPS) is 17.2. The zero-order chi connectivity index (χ0) is 14.2. The highest BCUT2D eigenvalue weighted by Gasteiger charge is 2.35. The molecule has 2 N–H and O–H groups in total. The Kier molecular flexibility index (Phi) is 3.68. The van der Waals surface area contributed by atoms with Gasteiger partial charge >= 0.3 is 0 Å². The lowest BCUT2D eigenvalue weighted by Crippen LogP contribution is -2.31. The van der Waals surface area contributed by atoms with Gasteiger partial charge in [-0.3, -0.25) is 0 Å². The van der Waals surface area contributed by atoms with Crippen LogP contribution in [0.3, 0.4) is 0 Å². The number of aliphatic hydroxyl groups excluding tert-OH is 1. The molecule has 1 unspecified atom stereocenters. The van der Waals surface area contributed by atoms with Crippen molar-refractivity contribution >= 4 is 21.4 Å². The highest BCUT2D eigenvalue weighted by Crippen LogP contribution is 2.30. The van der Waals surface area contributed by atoms with Gasteiger partial charge in [-0.15, -0.1) is 11.3 Å². The van der Waals surface area contributed by atoms with Gasteiger partial charge in [-0.1, -0.05) is 6.07 Å². The summed E-state index contributed by atoms with van der Waals surface area (Å²) < 4.78 is 31.3. The zero-order valence-corrected chi connectivity index (χ0v) is 12.3. The van der Waals surface area contributed by atoms with Crippen molar-refractivity contribution < 1.29 is 17.9 Å². The first-order valence-electron chi connectivity index (χ1n) is 6.36. The van der Waals surface area contributed by atoms with E-state index in [-0.39, 0.29) is 11.8 Å². The van der Waals surface area contributed by atoms with E-state index >= 15 is 0 Å². The van der Waals surface area contributed by atoms with E-state index < -0.39 is 16.1 Å². The second-order valence-corrected chi connectivity index (χ2v) is 7.78. The molecule has 2 aromatic heterocycles. The molecule has 1 atom stereocenters. The Morgan fingerprint density at radius 1 is 1.40 bits per heavy atom. The first-order valence-corrected chi connectivity index (χ1v) is 8.79. The van der Waals surface area contributed by atoms with Gasteiger partial charge in [-0.25, -0.2) is 13.1 Å². The van der Waals surface area contributed by atoms with Gasteiger partial charge in [0.2, 0.25) is 10.0 Å². The Balaban J connectivity index is 1.64. The van der Waals surface area contributed by atoms with Gasteiger partial charge in [-0.2, -0.15) is 0 Å². The predicted molar refractivity (Wildman–Crippen MR) is 76.9 cm³/mol. The maximum atomic E-state index is 11.7. The highest BCUT2D eigenvalue weighted by molar-refractivity contribution is 7.90. The molecule has 0 amide bonds. The molecule has 1 fully saturated rings. The predicted octanol–water partition coefficient (Wildman–Crippen LogP) is 2.12. The van der Waals surface area contributed by atoms with Gasteiger partial charge in [0.15, 0.2) is 0 Å². The molecule has 1 saturated carbocycles. The number of nitrogens with one attached hydrogen (secondary N) is 1. The lowest BCUT2D eigenvalue weighted by Gasteiger charge is -2.09. The van der Waals surface area contributed by atoms with Crippen LogP contribution >= 0.6 is 11.3 Å². The molecule has 0 saturated heterocycles. The number of furan rings is 1. The quantitative estimate of drug-likeness (QED) is 0.856. The van der Waals surface area contributed by atoms with Crippen LogP contribution in [-0.2, 0) is 10.0 Å². The first-order chi connectivity index (χ1) is 9.56. The van der Waals surface area contributed by atoms with E-state index in [0.29, 0.717) is 24.4 Å². The zero-order valence-electron chi connectivity index (χ0n) is 10.7. The smallest absolute Gasteiger partial charge is 0.214 e. The summed E-state index contributed by atoms with van der Waals surface area (Å²) in [5.74, 6) is 1.05. The lowest BCUT2D eigenvalue weighted by molar-refractivity contribution is 0.155. The monoisotopic (exact) mass is 313 g/mol. The van der Waals surface area contributed by atoms with Crippen molar-refractivity contribution in [3.05, 3.63) is 35.4 Å². The van der Waals surface area contributed by atoms with Crippen LogP contribution in [0.5, 0.6) is 0 Å². The number of thiophene rings is 1. The minimum Gasteiger partial charge on any atom is -0.457 e. The molecule has 0 radical (unpaired) electrons. The Labute approximate surface area is 121 Å². The number of sulfonamides is 1. The largest absolute Gasteiger partial charge is 0.457 e. The third kappa shape index (κ3) is 2.95. The van der Waals surface area contributed by atoms with E-state index in [1.807, 2.05) is 17.5 Å². The fourth-order valence-corrected chi connectivity index (χ4v) is 3.94. The molecular formula is C13H15NO4S2. The summed E-state index contributed by atoms with van der Waals surface area (Å²) in [5, 5.41) is 11.6. The number of rotatable bonds is 6. The third-order valence-electron chi connectivity index (χ3n) is 3.16. The van der Waals surface area contributed by atoms with E-state index in [9.17, 15) is 13.5 Å². The molecule has 0 spiro atoms. The molecule has 0 bridgehead atoms. The van der Waals surface area contributed by atoms with Gasteiger partial charge in [0.05, 0.1) is 10.1 Å².